The molecule has 0 aliphatic heterocycles. The number of hydrogen-bond acceptors (Lipinski definition) is 4. The average molecular weight is 369 g/mol. The van der Waals surface area contributed by atoms with E-state index >= 15 is 0 Å². The predicted molar refractivity (Wildman–Crippen MR) is 106 cm³/mol. The second kappa shape index (κ2) is 8.32. The first-order chi connectivity index (χ1) is 12.1. The Labute approximate surface area is 156 Å². The fourth-order valence-electron chi connectivity index (χ4n) is 2.43. The van der Waals surface area contributed by atoms with Crippen LogP contribution in [0, 0.1) is 6.92 Å². The molecule has 0 spiro atoms. The first-order valence-electron chi connectivity index (χ1n) is 8.05. The molecule has 5 heteroatoms. The summed E-state index contributed by atoms with van der Waals surface area (Å²) < 4.78 is 0.927. The van der Waals surface area contributed by atoms with Crippen molar-refractivity contribution in [2.24, 2.45) is 0 Å². The maximum atomic E-state index is 12.4. The minimum Gasteiger partial charge on any atom is -0.341 e. The van der Waals surface area contributed by atoms with Crippen molar-refractivity contribution in [3.8, 4) is 11.3 Å². The third-order valence-corrected chi connectivity index (χ3v) is 5.97. The molecular formula is C20H20N2OS2. The smallest absolute Gasteiger partial charge is 0.233 e. The number of hydrogen-bond donors (Lipinski definition) is 0. The van der Waals surface area contributed by atoms with Crippen molar-refractivity contribution >= 4 is 29.0 Å². The van der Waals surface area contributed by atoms with Gasteiger partial charge in [0.05, 0.1) is 11.4 Å². The Balaban J connectivity index is 1.55. The van der Waals surface area contributed by atoms with E-state index in [9.17, 15) is 4.79 Å². The lowest BCUT2D eigenvalue weighted by Crippen LogP contribution is -2.28. The van der Waals surface area contributed by atoms with Crippen LogP contribution >= 0.6 is 23.1 Å². The molecule has 0 N–H and O–H groups in total. The van der Waals surface area contributed by atoms with E-state index in [-0.39, 0.29) is 5.91 Å². The van der Waals surface area contributed by atoms with Crippen molar-refractivity contribution in [1.82, 2.24) is 9.88 Å². The SMILES string of the molecule is Cc1ccccc1CN(C)C(=O)CSc1nc(-c2ccccc2)cs1. The molecule has 0 aliphatic rings. The molecule has 0 aliphatic carbocycles. The molecule has 1 aromatic heterocycles. The predicted octanol–water partition coefficient (Wildman–Crippen LogP) is 4.87. The van der Waals surface area contributed by atoms with Crippen LogP contribution in [0.4, 0.5) is 0 Å². The molecule has 0 atom stereocenters. The lowest BCUT2D eigenvalue weighted by molar-refractivity contribution is -0.127. The Kier molecular flexibility index (Phi) is 5.89. The maximum absolute atomic E-state index is 12.4. The lowest BCUT2D eigenvalue weighted by Gasteiger charge is -2.18. The van der Waals surface area contributed by atoms with Crippen molar-refractivity contribution in [3.63, 3.8) is 0 Å². The molecule has 3 nitrogen and oxygen atoms in total. The number of rotatable bonds is 6. The number of aromatic nitrogens is 1. The number of carbonyl (C=O) groups is 1. The van der Waals surface area contributed by atoms with Crippen molar-refractivity contribution < 1.29 is 4.79 Å². The largest absolute Gasteiger partial charge is 0.341 e. The quantitative estimate of drug-likeness (QED) is 0.582. The van der Waals surface area contributed by atoms with Gasteiger partial charge in [-0.05, 0) is 18.1 Å². The van der Waals surface area contributed by atoms with Gasteiger partial charge in [0.2, 0.25) is 5.91 Å². The monoisotopic (exact) mass is 368 g/mol. The van der Waals surface area contributed by atoms with Gasteiger partial charge in [0, 0.05) is 24.5 Å². The third-order valence-electron chi connectivity index (χ3n) is 3.97. The zero-order valence-corrected chi connectivity index (χ0v) is 15.9. The van der Waals surface area contributed by atoms with Crippen molar-refractivity contribution in [2.75, 3.05) is 12.8 Å². The van der Waals surface area contributed by atoms with Crippen LogP contribution in [-0.4, -0.2) is 28.6 Å². The summed E-state index contributed by atoms with van der Waals surface area (Å²) in [4.78, 5) is 18.8. The standard InChI is InChI=1S/C20H20N2OS2/c1-15-8-6-7-11-17(15)12-22(2)19(23)14-25-20-21-18(13-24-20)16-9-4-3-5-10-16/h3-11,13H,12,14H2,1-2H3. The summed E-state index contributed by atoms with van der Waals surface area (Å²) in [5, 5.41) is 2.04. The molecule has 3 aromatic rings. The molecular weight excluding hydrogens is 348 g/mol. The topological polar surface area (TPSA) is 33.2 Å². The summed E-state index contributed by atoms with van der Waals surface area (Å²) in [6.07, 6.45) is 0. The van der Waals surface area contributed by atoms with Gasteiger partial charge in [-0.1, -0.05) is 66.4 Å². The highest BCUT2D eigenvalue weighted by Gasteiger charge is 2.12. The van der Waals surface area contributed by atoms with Crippen molar-refractivity contribution in [3.05, 3.63) is 71.1 Å². The highest BCUT2D eigenvalue weighted by atomic mass is 32.2. The normalized spacial score (nSPS) is 10.6. The first kappa shape index (κ1) is 17.7. The second-order valence-corrected chi connectivity index (χ2v) is 7.91. The summed E-state index contributed by atoms with van der Waals surface area (Å²) in [5.74, 6) is 0.522. The van der Waals surface area contributed by atoms with Gasteiger partial charge in [0.15, 0.2) is 4.34 Å². The Morgan fingerprint density at radius 2 is 1.84 bits per heavy atom. The number of carbonyl (C=O) groups excluding carboxylic acids is 1. The van der Waals surface area contributed by atoms with Crippen molar-refractivity contribution in [1.29, 1.82) is 0 Å². The van der Waals surface area contributed by atoms with Crippen LogP contribution in [0.25, 0.3) is 11.3 Å². The zero-order chi connectivity index (χ0) is 17.6. The van der Waals surface area contributed by atoms with E-state index < -0.39 is 0 Å². The van der Waals surface area contributed by atoms with E-state index in [1.807, 2.05) is 54.9 Å². The molecule has 0 saturated carbocycles. The Morgan fingerprint density at radius 3 is 2.60 bits per heavy atom. The highest BCUT2D eigenvalue weighted by Crippen LogP contribution is 2.28. The maximum Gasteiger partial charge on any atom is 0.233 e. The molecule has 128 valence electrons. The molecule has 0 radical (unpaired) electrons. The van der Waals surface area contributed by atoms with Gasteiger partial charge in [-0.3, -0.25) is 4.79 Å². The van der Waals surface area contributed by atoms with E-state index in [2.05, 4.69) is 24.0 Å². The number of amides is 1. The van der Waals surface area contributed by atoms with Gasteiger partial charge < -0.3 is 4.90 Å². The van der Waals surface area contributed by atoms with Gasteiger partial charge >= 0.3 is 0 Å². The van der Waals surface area contributed by atoms with Gasteiger partial charge in [-0.2, -0.15) is 0 Å². The van der Waals surface area contributed by atoms with Gasteiger partial charge in [-0.25, -0.2) is 4.98 Å². The van der Waals surface area contributed by atoms with Crippen LogP contribution in [-0.2, 0) is 11.3 Å². The number of nitrogens with zero attached hydrogens (tertiary/aromatic N) is 2. The molecule has 3 rings (SSSR count). The Hall–Kier alpha value is -2.11. The highest BCUT2D eigenvalue weighted by molar-refractivity contribution is 8.01. The van der Waals surface area contributed by atoms with Crippen LogP contribution in [0.5, 0.6) is 0 Å². The van der Waals surface area contributed by atoms with Crippen LogP contribution in [0.3, 0.4) is 0 Å². The van der Waals surface area contributed by atoms with Crippen LogP contribution < -0.4 is 0 Å². The van der Waals surface area contributed by atoms with Gasteiger partial charge in [-0.15, -0.1) is 11.3 Å². The molecule has 0 unspecified atom stereocenters. The second-order valence-electron chi connectivity index (χ2n) is 5.83. The van der Waals surface area contributed by atoms with Crippen molar-refractivity contribution in [2.45, 2.75) is 17.8 Å². The molecule has 2 aromatic carbocycles. The number of benzene rings is 2. The van der Waals surface area contributed by atoms with Gasteiger partial charge in [0.1, 0.15) is 0 Å². The lowest BCUT2D eigenvalue weighted by atomic mass is 10.1. The molecule has 25 heavy (non-hydrogen) atoms. The van der Waals surface area contributed by atoms with E-state index in [1.165, 1.54) is 22.9 Å². The average Bonchev–Trinajstić information content (AvgIpc) is 3.11. The molecule has 0 fully saturated rings. The van der Waals surface area contributed by atoms with E-state index in [4.69, 9.17) is 0 Å². The molecule has 0 saturated heterocycles. The van der Waals surface area contributed by atoms with E-state index in [0.717, 1.165) is 15.6 Å². The summed E-state index contributed by atoms with van der Waals surface area (Å²) >= 11 is 3.09. The summed E-state index contributed by atoms with van der Waals surface area (Å²) in [5.41, 5.74) is 4.47. The van der Waals surface area contributed by atoms with Gasteiger partial charge in [0.25, 0.3) is 0 Å². The first-order valence-corrected chi connectivity index (χ1v) is 9.92. The minimum atomic E-state index is 0.115. The van der Waals surface area contributed by atoms with Crippen LogP contribution in [0.1, 0.15) is 11.1 Å². The fourth-order valence-corrected chi connectivity index (χ4v) is 4.21. The van der Waals surface area contributed by atoms with E-state index in [1.54, 1.807) is 16.2 Å². The number of thiazole rings is 1. The Bertz CT molecular complexity index is 846. The number of thioether (sulfide) groups is 1. The zero-order valence-electron chi connectivity index (χ0n) is 14.3. The summed E-state index contributed by atoms with van der Waals surface area (Å²) in [7, 11) is 1.85. The Morgan fingerprint density at radius 1 is 1.12 bits per heavy atom. The third kappa shape index (κ3) is 4.71. The number of aryl methyl sites for hydroxylation is 1. The molecule has 1 heterocycles. The van der Waals surface area contributed by atoms with Crippen LogP contribution in [0.2, 0.25) is 0 Å². The fraction of sp³-hybridized carbons (Fsp3) is 0.200. The molecule has 1 amide bonds. The molecule has 0 bridgehead atoms. The minimum absolute atomic E-state index is 0.115. The van der Waals surface area contributed by atoms with Crippen LogP contribution in [0.15, 0.2) is 64.3 Å². The van der Waals surface area contributed by atoms with E-state index in [0.29, 0.717) is 12.3 Å². The summed E-state index contributed by atoms with van der Waals surface area (Å²) in [6, 6.07) is 18.3. The summed E-state index contributed by atoms with van der Waals surface area (Å²) in [6.45, 7) is 2.71.